The first-order valence-corrected chi connectivity index (χ1v) is 6.09. The molecule has 0 amide bonds. The smallest absolute Gasteiger partial charge is 0.188 e. The summed E-state index contributed by atoms with van der Waals surface area (Å²) in [5, 5.41) is 7.31. The molecule has 1 aromatic heterocycles. The third-order valence-electron chi connectivity index (χ3n) is 2.32. The van der Waals surface area contributed by atoms with Crippen LogP contribution in [0.4, 0.5) is 0 Å². The van der Waals surface area contributed by atoms with Crippen molar-refractivity contribution in [1.82, 2.24) is 15.1 Å². The lowest BCUT2D eigenvalue weighted by Crippen LogP contribution is -2.36. The highest BCUT2D eigenvalue weighted by Crippen LogP contribution is 1.97. The highest BCUT2D eigenvalue weighted by atomic mass is 127. The lowest BCUT2D eigenvalue weighted by Gasteiger charge is -2.13. The maximum absolute atomic E-state index is 5.76. The van der Waals surface area contributed by atoms with Crippen LogP contribution in [0.15, 0.2) is 23.5 Å². The SMILES string of the molecule is CC(C)CN=C(N)NCC(C)Cn1cccn1.I. The Morgan fingerprint density at radius 3 is 2.72 bits per heavy atom. The van der Waals surface area contributed by atoms with Crippen molar-refractivity contribution in [3.63, 3.8) is 0 Å². The Bertz CT molecular complexity index is 334. The summed E-state index contributed by atoms with van der Waals surface area (Å²) in [6, 6.07) is 1.93. The molecule has 5 nitrogen and oxygen atoms in total. The average molecular weight is 365 g/mol. The van der Waals surface area contributed by atoms with Gasteiger partial charge in [-0.3, -0.25) is 9.67 Å². The highest BCUT2D eigenvalue weighted by Gasteiger charge is 2.03. The third kappa shape index (κ3) is 7.52. The molecule has 0 radical (unpaired) electrons. The molecule has 3 N–H and O–H groups in total. The van der Waals surface area contributed by atoms with Crippen molar-refractivity contribution in [2.75, 3.05) is 13.1 Å². The number of hydrogen-bond donors (Lipinski definition) is 2. The van der Waals surface area contributed by atoms with E-state index in [0.29, 0.717) is 17.8 Å². The maximum Gasteiger partial charge on any atom is 0.188 e. The zero-order valence-electron chi connectivity index (χ0n) is 11.3. The van der Waals surface area contributed by atoms with Gasteiger partial charge in [0.1, 0.15) is 0 Å². The van der Waals surface area contributed by atoms with Crippen LogP contribution >= 0.6 is 24.0 Å². The Balaban J connectivity index is 0.00000289. The van der Waals surface area contributed by atoms with Gasteiger partial charge in [-0.2, -0.15) is 5.10 Å². The molecule has 0 aliphatic heterocycles. The summed E-state index contributed by atoms with van der Waals surface area (Å²) in [6.45, 7) is 8.87. The lowest BCUT2D eigenvalue weighted by atomic mass is 10.2. The first kappa shape index (κ1) is 17.2. The van der Waals surface area contributed by atoms with Gasteiger partial charge in [0.15, 0.2) is 5.96 Å². The molecule has 18 heavy (non-hydrogen) atoms. The van der Waals surface area contributed by atoms with Crippen LogP contribution in [0.3, 0.4) is 0 Å². The Hall–Kier alpha value is -0.790. The largest absolute Gasteiger partial charge is 0.370 e. The van der Waals surface area contributed by atoms with E-state index in [1.165, 1.54) is 0 Å². The minimum Gasteiger partial charge on any atom is -0.370 e. The Labute approximate surface area is 126 Å². The maximum atomic E-state index is 5.76. The number of halogens is 1. The summed E-state index contributed by atoms with van der Waals surface area (Å²) in [7, 11) is 0. The van der Waals surface area contributed by atoms with Gasteiger partial charge in [-0.05, 0) is 17.9 Å². The van der Waals surface area contributed by atoms with Gasteiger partial charge in [0.05, 0.1) is 0 Å². The van der Waals surface area contributed by atoms with Crippen LogP contribution in [0.5, 0.6) is 0 Å². The van der Waals surface area contributed by atoms with E-state index in [-0.39, 0.29) is 24.0 Å². The lowest BCUT2D eigenvalue weighted by molar-refractivity contribution is 0.444. The van der Waals surface area contributed by atoms with Crippen molar-refractivity contribution in [2.45, 2.75) is 27.3 Å². The van der Waals surface area contributed by atoms with Crippen LogP contribution in [0, 0.1) is 11.8 Å². The quantitative estimate of drug-likeness (QED) is 0.458. The molecule has 0 saturated heterocycles. The van der Waals surface area contributed by atoms with Gasteiger partial charge in [0.2, 0.25) is 0 Å². The predicted molar refractivity (Wildman–Crippen MR) is 86.1 cm³/mol. The van der Waals surface area contributed by atoms with Crippen molar-refractivity contribution in [1.29, 1.82) is 0 Å². The van der Waals surface area contributed by atoms with Crippen LogP contribution in [0.25, 0.3) is 0 Å². The molecule has 0 aliphatic carbocycles. The molecule has 0 aromatic carbocycles. The summed E-state index contributed by atoms with van der Waals surface area (Å²) < 4.78 is 1.92. The molecule has 0 fully saturated rings. The van der Waals surface area contributed by atoms with Gasteiger partial charge in [-0.15, -0.1) is 24.0 Å². The van der Waals surface area contributed by atoms with Crippen molar-refractivity contribution in [2.24, 2.45) is 22.6 Å². The standard InChI is InChI=1S/C12H23N5.HI/c1-10(2)7-14-12(13)15-8-11(3)9-17-6-4-5-16-17;/h4-6,10-11H,7-9H2,1-3H3,(H3,13,14,15);1H. The van der Waals surface area contributed by atoms with Crippen molar-refractivity contribution < 1.29 is 0 Å². The predicted octanol–water partition coefficient (Wildman–Crippen LogP) is 1.70. The number of hydrogen-bond acceptors (Lipinski definition) is 2. The normalized spacial score (nSPS) is 13.2. The topological polar surface area (TPSA) is 68.2 Å². The molecule has 0 saturated carbocycles. The molecule has 0 spiro atoms. The molecule has 1 unspecified atom stereocenters. The first-order chi connectivity index (χ1) is 8.08. The van der Waals surface area contributed by atoms with Gasteiger partial charge in [0.25, 0.3) is 0 Å². The monoisotopic (exact) mass is 365 g/mol. The van der Waals surface area contributed by atoms with E-state index < -0.39 is 0 Å². The molecule has 6 heteroatoms. The minimum absolute atomic E-state index is 0. The average Bonchev–Trinajstić information content (AvgIpc) is 2.76. The zero-order valence-corrected chi connectivity index (χ0v) is 13.7. The fourth-order valence-electron chi connectivity index (χ4n) is 1.41. The van der Waals surface area contributed by atoms with Gasteiger partial charge in [-0.25, -0.2) is 0 Å². The third-order valence-corrected chi connectivity index (χ3v) is 2.32. The van der Waals surface area contributed by atoms with Gasteiger partial charge < -0.3 is 11.1 Å². The summed E-state index contributed by atoms with van der Waals surface area (Å²) in [5.74, 6) is 1.53. The Morgan fingerprint density at radius 1 is 1.44 bits per heavy atom. The van der Waals surface area contributed by atoms with E-state index in [2.05, 4.69) is 36.2 Å². The van der Waals surface area contributed by atoms with E-state index in [0.717, 1.165) is 19.6 Å². The van der Waals surface area contributed by atoms with Crippen LogP contribution in [0.2, 0.25) is 0 Å². The van der Waals surface area contributed by atoms with Crippen LogP contribution in [-0.2, 0) is 6.54 Å². The van der Waals surface area contributed by atoms with Crippen molar-refractivity contribution in [3.05, 3.63) is 18.5 Å². The van der Waals surface area contributed by atoms with E-state index >= 15 is 0 Å². The number of nitrogens with zero attached hydrogens (tertiary/aromatic N) is 3. The zero-order chi connectivity index (χ0) is 12.7. The molecule has 1 atom stereocenters. The summed E-state index contributed by atoms with van der Waals surface area (Å²) in [6.07, 6.45) is 3.76. The second kappa shape index (κ2) is 9.18. The fraction of sp³-hybridized carbons (Fsp3) is 0.667. The molecule has 1 heterocycles. The Kier molecular flexibility index (Phi) is 8.78. The number of aromatic nitrogens is 2. The van der Waals surface area contributed by atoms with E-state index in [9.17, 15) is 0 Å². The molecule has 1 aromatic rings. The number of guanidine groups is 1. The second-order valence-corrected chi connectivity index (χ2v) is 4.83. The number of nitrogens with one attached hydrogen (secondary N) is 1. The molecular weight excluding hydrogens is 341 g/mol. The van der Waals surface area contributed by atoms with Gasteiger partial charge >= 0.3 is 0 Å². The number of nitrogens with two attached hydrogens (primary N) is 1. The molecule has 0 aliphatic rings. The Morgan fingerprint density at radius 2 is 2.17 bits per heavy atom. The van der Waals surface area contributed by atoms with Crippen molar-refractivity contribution in [3.8, 4) is 0 Å². The highest BCUT2D eigenvalue weighted by molar-refractivity contribution is 14.0. The minimum atomic E-state index is 0. The fourth-order valence-corrected chi connectivity index (χ4v) is 1.41. The summed E-state index contributed by atoms with van der Waals surface area (Å²) in [4.78, 5) is 4.25. The van der Waals surface area contributed by atoms with Crippen LogP contribution < -0.4 is 11.1 Å². The summed E-state index contributed by atoms with van der Waals surface area (Å²) >= 11 is 0. The van der Waals surface area contributed by atoms with Crippen molar-refractivity contribution >= 4 is 29.9 Å². The van der Waals surface area contributed by atoms with Gasteiger partial charge in [-0.1, -0.05) is 20.8 Å². The van der Waals surface area contributed by atoms with Crippen LogP contribution in [0.1, 0.15) is 20.8 Å². The molecule has 104 valence electrons. The van der Waals surface area contributed by atoms with Gasteiger partial charge in [0, 0.05) is 32.0 Å². The summed E-state index contributed by atoms with van der Waals surface area (Å²) in [5.41, 5.74) is 5.76. The molecule has 0 bridgehead atoms. The first-order valence-electron chi connectivity index (χ1n) is 6.09. The molecular formula is C12H24IN5. The van der Waals surface area contributed by atoms with E-state index in [4.69, 9.17) is 5.73 Å². The van der Waals surface area contributed by atoms with E-state index in [1.54, 1.807) is 6.20 Å². The van der Waals surface area contributed by atoms with Crippen LogP contribution in [-0.4, -0.2) is 28.8 Å². The second-order valence-electron chi connectivity index (χ2n) is 4.83. The number of aliphatic imine (C=N–C) groups is 1. The van der Waals surface area contributed by atoms with E-state index in [1.807, 2.05) is 16.9 Å². The number of rotatable bonds is 6. The molecule has 1 rings (SSSR count).